The van der Waals surface area contributed by atoms with Crippen LogP contribution in [0.15, 0.2) is 25.3 Å². The Morgan fingerprint density at radius 1 is 1.23 bits per heavy atom. The molecule has 4 fully saturated rings. The van der Waals surface area contributed by atoms with Crippen LogP contribution in [0.4, 0.5) is 0 Å². The molecule has 2 N–H and O–H groups in total. The first-order chi connectivity index (χ1) is 21.2. The lowest BCUT2D eigenvalue weighted by atomic mass is 9.70. The number of allylic oxidation sites excluding steroid dienone is 1. The van der Waals surface area contributed by atoms with Gasteiger partial charge in [-0.1, -0.05) is 28.1 Å². The fourth-order valence-corrected chi connectivity index (χ4v) is 7.86. The van der Waals surface area contributed by atoms with Crippen LogP contribution in [0.25, 0.3) is 0 Å². The van der Waals surface area contributed by atoms with E-state index in [4.69, 9.17) is 14.2 Å². The van der Waals surface area contributed by atoms with Crippen LogP contribution in [0.1, 0.15) is 39.0 Å². The van der Waals surface area contributed by atoms with E-state index in [-0.39, 0.29) is 42.2 Å². The first-order valence-corrected chi connectivity index (χ1v) is 16.6. The number of unbranched alkanes of at least 4 members (excludes halogenated alkanes) is 1. The quantitative estimate of drug-likeness (QED) is 0.0991. The summed E-state index contributed by atoms with van der Waals surface area (Å²) in [5, 5.41) is 12.2. The van der Waals surface area contributed by atoms with Gasteiger partial charge in [0.25, 0.3) is 0 Å². The molecule has 0 aromatic heterocycles. The van der Waals surface area contributed by atoms with Crippen molar-refractivity contribution in [3.63, 3.8) is 0 Å². The number of aliphatic hydroxyl groups excluding tert-OH is 1. The molecule has 0 aromatic rings. The monoisotopic (exact) mass is 682 g/mol. The molecule has 0 saturated carbocycles. The zero-order chi connectivity index (χ0) is 31.9. The molecule has 7 atom stereocenters. The summed E-state index contributed by atoms with van der Waals surface area (Å²) in [7, 11) is 0. The second kappa shape index (κ2) is 15.8. The highest BCUT2D eigenvalue weighted by molar-refractivity contribution is 9.09. The summed E-state index contributed by atoms with van der Waals surface area (Å²) in [6, 6.07) is -0.923. The second-order valence-corrected chi connectivity index (χ2v) is 13.2. The van der Waals surface area contributed by atoms with Crippen LogP contribution in [-0.2, 0) is 33.4 Å². The number of esters is 1. The second-order valence-electron chi connectivity index (χ2n) is 12.0. The van der Waals surface area contributed by atoms with Crippen LogP contribution in [0, 0.1) is 11.8 Å². The maximum absolute atomic E-state index is 14.4. The van der Waals surface area contributed by atoms with Crippen molar-refractivity contribution in [3.05, 3.63) is 25.3 Å². The van der Waals surface area contributed by atoms with Gasteiger partial charge in [-0.05, 0) is 32.6 Å². The van der Waals surface area contributed by atoms with Gasteiger partial charge in [0.05, 0.1) is 37.7 Å². The Kier molecular flexibility index (Phi) is 12.4. The van der Waals surface area contributed by atoms with Crippen molar-refractivity contribution in [2.45, 2.75) is 67.7 Å². The molecule has 4 aliphatic rings. The smallest absolute Gasteiger partial charge is 0.312 e. The van der Waals surface area contributed by atoms with Gasteiger partial charge in [-0.2, -0.15) is 0 Å². The number of hydrogen-bond acceptors (Lipinski definition) is 9. The Morgan fingerprint density at radius 3 is 2.66 bits per heavy atom. The highest BCUT2D eigenvalue weighted by Crippen LogP contribution is 2.60. The number of likely N-dealkylation sites (tertiary alicyclic amines) is 1. The zero-order valence-corrected chi connectivity index (χ0v) is 27.3. The lowest BCUT2D eigenvalue weighted by Gasteiger charge is -2.38. The molecule has 246 valence electrons. The van der Waals surface area contributed by atoms with E-state index in [0.29, 0.717) is 65.0 Å². The minimum absolute atomic E-state index is 0.0314. The predicted molar refractivity (Wildman–Crippen MR) is 166 cm³/mol. The van der Waals surface area contributed by atoms with Crippen molar-refractivity contribution >= 4 is 39.6 Å². The average Bonchev–Trinajstić information content (AvgIpc) is 3.60. The number of nitrogens with zero attached hydrogens (tertiary/aromatic N) is 3. The summed E-state index contributed by atoms with van der Waals surface area (Å²) in [6.45, 7) is 13.8. The fraction of sp³-hybridized carbons (Fsp3) is 0.742. The Labute approximate surface area is 268 Å². The van der Waals surface area contributed by atoms with Crippen molar-refractivity contribution in [2.24, 2.45) is 11.8 Å². The molecule has 0 radical (unpaired) electrons. The topological polar surface area (TPSA) is 138 Å². The van der Waals surface area contributed by atoms with Gasteiger partial charge in [0.1, 0.15) is 17.7 Å². The third-order valence-electron chi connectivity index (χ3n) is 9.03. The fourth-order valence-electron chi connectivity index (χ4n) is 6.92. The number of morpholine rings is 1. The molecule has 0 aromatic carbocycles. The summed E-state index contributed by atoms with van der Waals surface area (Å²) in [4.78, 5) is 59.6. The number of carbonyl (C=O) groups is 4. The normalized spacial score (nSPS) is 30.1. The number of rotatable bonds is 17. The van der Waals surface area contributed by atoms with Gasteiger partial charge < -0.3 is 34.4 Å². The highest BCUT2D eigenvalue weighted by atomic mass is 79.9. The molecule has 2 bridgehead atoms. The minimum atomic E-state index is -1.20. The molecule has 3 amide bonds. The zero-order valence-electron chi connectivity index (χ0n) is 25.7. The van der Waals surface area contributed by atoms with Crippen LogP contribution >= 0.6 is 15.9 Å². The number of aliphatic hydroxyl groups is 1. The standard InChI is InChI=1S/C31H47BrN4O8/c1-4-6-9-23(38)33-20-21(3)43-30(41)24-25-28(39)36(11-7-8-16-37)27(31(25)19-22(32)26(24)44-31)29(40)35(10-5-2)13-12-34-14-17-42-18-15-34/h4-5,21-22,24-27,37H,1-2,6-20H2,3H3,(H,33,38)/t21-,22?,24-,25+,26-,27-,31+/m1/s1. The van der Waals surface area contributed by atoms with Crippen LogP contribution in [-0.4, -0.2) is 138 Å². The van der Waals surface area contributed by atoms with Crippen LogP contribution in [0.2, 0.25) is 0 Å². The number of ether oxygens (including phenoxy) is 3. The average molecular weight is 684 g/mol. The number of carbonyl (C=O) groups excluding carboxylic acids is 4. The van der Waals surface area contributed by atoms with Crippen LogP contribution in [0.5, 0.6) is 0 Å². The molecule has 13 heteroatoms. The molecular weight excluding hydrogens is 636 g/mol. The van der Waals surface area contributed by atoms with Gasteiger partial charge in [-0.3, -0.25) is 24.1 Å². The van der Waals surface area contributed by atoms with Crippen molar-refractivity contribution in [1.82, 2.24) is 20.0 Å². The van der Waals surface area contributed by atoms with Crippen molar-refractivity contribution in [1.29, 1.82) is 0 Å². The molecule has 4 aliphatic heterocycles. The molecule has 0 aliphatic carbocycles. The highest BCUT2D eigenvalue weighted by Gasteiger charge is 2.77. The number of nitrogens with one attached hydrogen (secondary N) is 1. The molecule has 1 unspecified atom stereocenters. The third kappa shape index (κ3) is 7.38. The Morgan fingerprint density at radius 2 is 1.98 bits per heavy atom. The first kappa shape index (κ1) is 34.6. The molecule has 44 heavy (non-hydrogen) atoms. The summed E-state index contributed by atoms with van der Waals surface area (Å²) < 4.78 is 17.8. The molecule has 4 saturated heterocycles. The van der Waals surface area contributed by atoms with E-state index >= 15 is 0 Å². The van der Waals surface area contributed by atoms with Crippen LogP contribution < -0.4 is 5.32 Å². The molecule has 4 rings (SSSR count). The number of halogens is 1. The Bertz CT molecular complexity index is 1070. The number of alkyl halides is 1. The predicted octanol–water partition coefficient (Wildman–Crippen LogP) is 0.868. The number of fused-ring (bicyclic) bond motifs is 1. The van der Waals surface area contributed by atoms with E-state index in [1.807, 2.05) is 0 Å². The minimum Gasteiger partial charge on any atom is -0.460 e. The summed E-state index contributed by atoms with van der Waals surface area (Å²) in [6.07, 6.45) is 4.29. The first-order valence-electron chi connectivity index (χ1n) is 15.7. The Balaban J connectivity index is 1.55. The summed E-state index contributed by atoms with van der Waals surface area (Å²) in [5.41, 5.74) is -1.20. The lowest BCUT2D eigenvalue weighted by Crippen LogP contribution is -2.57. The van der Waals surface area contributed by atoms with Gasteiger partial charge in [0.2, 0.25) is 17.7 Å². The van der Waals surface area contributed by atoms with Crippen LogP contribution in [0.3, 0.4) is 0 Å². The van der Waals surface area contributed by atoms with E-state index in [2.05, 4.69) is 39.3 Å². The Hall–Kier alpha value is -2.32. The van der Waals surface area contributed by atoms with Gasteiger partial charge in [0.15, 0.2) is 0 Å². The van der Waals surface area contributed by atoms with E-state index < -0.39 is 41.7 Å². The summed E-state index contributed by atoms with van der Waals surface area (Å²) >= 11 is 3.69. The molecular formula is C31H47BrN4O8. The number of amides is 3. The van der Waals surface area contributed by atoms with Crippen molar-refractivity contribution in [2.75, 3.05) is 65.6 Å². The van der Waals surface area contributed by atoms with Gasteiger partial charge in [-0.25, -0.2) is 0 Å². The van der Waals surface area contributed by atoms with E-state index in [1.165, 1.54) is 0 Å². The van der Waals surface area contributed by atoms with Gasteiger partial charge in [0, 0.05) is 57.1 Å². The van der Waals surface area contributed by atoms with E-state index in [0.717, 1.165) is 13.1 Å². The van der Waals surface area contributed by atoms with Crippen molar-refractivity contribution < 1.29 is 38.5 Å². The SMILES string of the molecule is C=CCCC(=O)NC[C@@H](C)OC(=O)[C@H]1[C@@H]2O[C@@]3(CC2Br)[C@@H]1C(=O)N(CCCCO)[C@@H]3C(=O)N(CC=C)CCN1CCOCC1. The lowest BCUT2D eigenvalue weighted by molar-refractivity contribution is -0.159. The maximum Gasteiger partial charge on any atom is 0.312 e. The number of hydrogen-bond donors (Lipinski definition) is 2. The molecule has 4 heterocycles. The van der Waals surface area contributed by atoms with Crippen molar-refractivity contribution in [3.8, 4) is 0 Å². The summed E-state index contributed by atoms with van der Waals surface area (Å²) in [5.74, 6) is -3.06. The molecule has 12 nitrogen and oxygen atoms in total. The largest absolute Gasteiger partial charge is 0.460 e. The maximum atomic E-state index is 14.4. The van der Waals surface area contributed by atoms with E-state index in [9.17, 15) is 24.3 Å². The van der Waals surface area contributed by atoms with E-state index in [1.54, 1.807) is 28.9 Å². The van der Waals surface area contributed by atoms with Gasteiger partial charge >= 0.3 is 5.97 Å². The van der Waals surface area contributed by atoms with Gasteiger partial charge in [-0.15, -0.1) is 13.2 Å². The third-order valence-corrected chi connectivity index (χ3v) is 9.88. The molecule has 1 spiro atoms.